The van der Waals surface area contributed by atoms with Crippen molar-refractivity contribution in [3.63, 3.8) is 0 Å². The Morgan fingerprint density at radius 3 is 2.50 bits per heavy atom. The molecule has 2 aromatic rings. The van der Waals surface area contributed by atoms with Gasteiger partial charge in [0.25, 0.3) is 0 Å². The van der Waals surface area contributed by atoms with Crippen molar-refractivity contribution < 1.29 is 14.6 Å². The third-order valence-electron chi connectivity index (χ3n) is 3.49. The number of aliphatic hydroxyl groups excluding tert-OH is 1. The van der Waals surface area contributed by atoms with Crippen LogP contribution in [0.3, 0.4) is 0 Å². The van der Waals surface area contributed by atoms with Crippen molar-refractivity contribution in [2.75, 3.05) is 13.7 Å². The zero-order valence-corrected chi connectivity index (χ0v) is 15.0. The first-order valence-corrected chi connectivity index (χ1v) is 8.36. The van der Waals surface area contributed by atoms with Crippen LogP contribution in [-0.4, -0.2) is 24.9 Å². The number of benzene rings is 2. The Kier molecular flexibility index (Phi) is 6.91. The van der Waals surface area contributed by atoms with Crippen LogP contribution in [0.4, 0.5) is 0 Å². The molecule has 1 unspecified atom stereocenters. The molecule has 0 bridgehead atoms. The zero-order valence-electron chi connectivity index (χ0n) is 14.3. The van der Waals surface area contributed by atoms with Gasteiger partial charge < -0.3 is 19.9 Å². The lowest BCUT2D eigenvalue weighted by Gasteiger charge is -2.17. The Bertz CT molecular complexity index is 647. The summed E-state index contributed by atoms with van der Waals surface area (Å²) in [6, 6.07) is 13.3. The molecule has 0 aromatic heterocycles. The highest BCUT2D eigenvalue weighted by atomic mass is 35.5. The van der Waals surface area contributed by atoms with Gasteiger partial charge in [0.1, 0.15) is 0 Å². The molecule has 0 spiro atoms. The number of halogens is 1. The van der Waals surface area contributed by atoms with Gasteiger partial charge in [-0.1, -0.05) is 41.9 Å². The van der Waals surface area contributed by atoms with Crippen molar-refractivity contribution in [1.82, 2.24) is 5.32 Å². The highest BCUT2D eigenvalue weighted by molar-refractivity contribution is 6.32. The lowest BCUT2D eigenvalue weighted by Crippen LogP contribution is -2.21. The quantitative estimate of drug-likeness (QED) is 0.757. The van der Waals surface area contributed by atoms with Gasteiger partial charge in [-0.2, -0.15) is 0 Å². The molecule has 2 rings (SSSR count). The Morgan fingerprint density at radius 2 is 1.88 bits per heavy atom. The van der Waals surface area contributed by atoms with Gasteiger partial charge in [-0.15, -0.1) is 0 Å². The fourth-order valence-electron chi connectivity index (χ4n) is 2.37. The summed E-state index contributed by atoms with van der Waals surface area (Å²) in [7, 11) is 1.59. The van der Waals surface area contributed by atoms with Crippen molar-refractivity contribution in [1.29, 1.82) is 0 Å². The third kappa shape index (κ3) is 5.13. The van der Waals surface area contributed by atoms with E-state index in [4.69, 9.17) is 21.1 Å². The van der Waals surface area contributed by atoms with Gasteiger partial charge in [0.2, 0.25) is 0 Å². The molecule has 0 aliphatic rings. The molecule has 0 saturated heterocycles. The summed E-state index contributed by atoms with van der Waals surface area (Å²) >= 11 is 6.31. The second-order valence-corrected chi connectivity index (χ2v) is 6.24. The molecule has 0 heterocycles. The molecule has 0 radical (unpaired) electrons. The average molecular weight is 350 g/mol. The number of aliphatic hydroxyl groups is 1. The van der Waals surface area contributed by atoms with Crippen molar-refractivity contribution in [2.45, 2.75) is 32.6 Å². The van der Waals surface area contributed by atoms with Gasteiger partial charge in [0.15, 0.2) is 11.5 Å². The average Bonchev–Trinajstić information content (AvgIpc) is 2.57. The maximum absolute atomic E-state index is 10.2. The van der Waals surface area contributed by atoms with E-state index in [0.717, 1.165) is 11.1 Å². The predicted molar refractivity (Wildman–Crippen MR) is 96.9 cm³/mol. The second kappa shape index (κ2) is 8.92. The molecule has 0 aliphatic heterocycles. The van der Waals surface area contributed by atoms with E-state index >= 15 is 0 Å². The van der Waals surface area contributed by atoms with Crippen molar-refractivity contribution >= 4 is 11.6 Å². The standard InChI is InChI=1S/C19H24ClNO3/c1-13(2)24-19-16(20)9-14(10-18(19)23-3)11-21-12-17(22)15-7-5-4-6-8-15/h4-10,13,17,21-22H,11-12H2,1-3H3. The molecular weight excluding hydrogens is 326 g/mol. The van der Waals surface area contributed by atoms with Gasteiger partial charge in [-0.25, -0.2) is 0 Å². The van der Waals surface area contributed by atoms with Gasteiger partial charge in [-0.05, 0) is 37.1 Å². The number of hydrogen-bond acceptors (Lipinski definition) is 4. The fourth-order valence-corrected chi connectivity index (χ4v) is 2.65. The largest absolute Gasteiger partial charge is 0.493 e. The minimum atomic E-state index is -0.549. The molecule has 1 atom stereocenters. The van der Waals surface area contributed by atoms with Crippen LogP contribution in [0.2, 0.25) is 5.02 Å². The van der Waals surface area contributed by atoms with Crippen molar-refractivity contribution in [3.05, 3.63) is 58.6 Å². The smallest absolute Gasteiger partial charge is 0.180 e. The maximum atomic E-state index is 10.2. The van der Waals surface area contributed by atoms with Gasteiger partial charge >= 0.3 is 0 Å². The van der Waals surface area contributed by atoms with Gasteiger partial charge in [-0.3, -0.25) is 0 Å². The first-order chi connectivity index (χ1) is 11.5. The molecule has 0 saturated carbocycles. The summed E-state index contributed by atoms with van der Waals surface area (Å²) < 4.78 is 11.1. The molecule has 0 aliphatic carbocycles. The topological polar surface area (TPSA) is 50.7 Å². The molecule has 0 amide bonds. The lowest BCUT2D eigenvalue weighted by molar-refractivity contribution is 0.174. The van der Waals surface area contributed by atoms with E-state index in [0.29, 0.717) is 29.6 Å². The van der Waals surface area contributed by atoms with E-state index in [2.05, 4.69) is 5.32 Å². The molecular formula is C19H24ClNO3. The monoisotopic (exact) mass is 349 g/mol. The highest BCUT2D eigenvalue weighted by Crippen LogP contribution is 2.37. The van der Waals surface area contributed by atoms with Crippen LogP contribution in [0, 0.1) is 0 Å². The van der Waals surface area contributed by atoms with E-state index in [1.54, 1.807) is 7.11 Å². The molecule has 130 valence electrons. The summed E-state index contributed by atoms with van der Waals surface area (Å²) in [5.41, 5.74) is 1.86. The van der Waals surface area contributed by atoms with Crippen LogP contribution in [0.25, 0.3) is 0 Å². The van der Waals surface area contributed by atoms with E-state index in [1.165, 1.54) is 0 Å². The summed E-state index contributed by atoms with van der Waals surface area (Å²) in [5, 5.41) is 13.9. The zero-order chi connectivity index (χ0) is 17.5. The molecule has 2 aromatic carbocycles. The van der Waals surface area contributed by atoms with Crippen LogP contribution < -0.4 is 14.8 Å². The molecule has 2 N–H and O–H groups in total. The Morgan fingerprint density at radius 1 is 1.17 bits per heavy atom. The van der Waals surface area contributed by atoms with Crippen LogP contribution >= 0.6 is 11.6 Å². The van der Waals surface area contributed by atoms with Crippen LogP contribution in [0.15, 0.2) is 42.5 Å². The molecule has 5 heteroatoms. The maximum Gasteiger partial charge on any atom is 0.180 e. The first-order valence-electron chi connectivity index (χ1n) is 7.98. The number of hydrogen-bond donors (Lipinski definition) is 2. The van der Waals surface area contributed by atoms with Crippen molar-refractivity contribution in [3.8, 4) is 11.5 Å². The van der Waals surface area contributed by atoms with E-state index in [-0.39, 0.29) is 6.10 Å². The Balaban J connectivity index is 1.99. The van der Waals surface area contributed by atoms with E-state index in [9.17, 15) is 5.11 Å². The summed E-state index contributed by atoms with van der Waals surface area (Å²) in [6.07, 6.45) is -0.534. The second-order valence-electron chi connectivity index (χ2n) is 5.83. The summed E-state index contributed by atoms with van der Waals surface area (Å²) in [4.78, 5) is 0. The van der Waals surface area contributed by atoms with Crippen LogP contribution in [0.5, 0.6) is 11.5 Å². The minimum absolute atomic E-state index is 0.0152. The fraction of sp³-hybridized carbons (Fsp3) is 0.368. The SMILES string of the molecule is COc1cc(CNCC(O)c2ccccc2)cc(Cl)c1OC(C)C. The third-order valence-corrected chi connectivity index (χ3v) is 3.77. The number of rotatable bonds is 8. The number of ether oxygens (including phenoxy) is 2. The van der Waals surface area contributed by atoms with Crippen LogP contribution in [0.1, 0.15) is 31.1 Å². The van der Waals surface area contributed by atoms with E-state index < -0.39 is 6.10 Å². The molecule has 4 nitrogen and oxygen atoms in total. The molecule has 0 fully saturated rings. The first kappa shape index (κ1) is 18.6. The van der Waals surface area contributed by atoms with E-state index in [1.807, 2.05) is 56.3 Å². The lowest BCUT2D eigenvalue weighted by atomic mass is 10.1. The number of nitrogens with one attached hydrogen (secondary N) is 1. The van der Waals surface area contributed by atoms with Gasteiger partial charge in [0.05, 0.1) is 24.3 Å². The van der Waals surface area contributed by atoms with Crippen molar-refractivity contribution in [2.24, 2.45) is 0 Å². The summed E-state index contributed by atoms with van der Waals surface area (Å²) in [6.45, 7) is 4.91. The molecule has 24 heavy (non-hydrogen) atoms. The van der Waals surface area contributed by atoms with Gasteiger partial charge in [0, 0.05) is 13.1 Å². The van der Waals surface area contributed by atoms with Crippen LogP contribution in [-0.2, 0) is 6.54 Å². The summed E-state index contributed by atoms with van der Waals surface area (Å²) in [5.74, 6) is 1.17. The highest BCUT2D eigenvalue weighted by Gasteiger charge is 2.14. The Labute approximate surface area is 148 Å². The minimum Gasteiger partial charge on any atom is -0.493 e. The normalized spacial score (nSPS) is 12.2. The Hall–Kier alpha value is -1.75. The predicted octanol–water partition coefficient (Wildman–Crippen LogP) is 3.96. The number of methoxy groups -OCH3 is 1.